The van der Waals surface area contributed by atoms with Gasteiger partial charge in [-0.2, -0.15) is 4.91 Å². The fraction of sp³-hybridized carbons (Fsp3) is 0.143. The van der Waals surface area contributed by atoms with E-state index in [9.17, 15) is 9.70 Å². The average Bonchev–Trinajstić information content (AvgIpc) is 3.16. The molecule has 150 valence electrons. The van der Waals surface area contributed by atoms with E-state index in [1.54, 1.807) is 18.5 Å². The van der Waals surface area contributed by atoms with Crippen molar-refractivity contribution >= 4 is 32.7 Å². The molecule has 8 nitrogen and oxygen atoms in total. The van der Waals surface area contributed by atoms with Crippen LogP contribution in [0.15, 0.2) is 60.0 Å². The zero-order valence-electron chi connectivity index (χ0n) is 16.1. The highest BCUT2D eigenvalue weighted by atomic mass is 32.1. The van der Waals surface area contributed by atoms with E-state index in [4.69, 9.17) is 0 Å². The number of aromatic nitrogens is 3. The summed E-state index contributed by atoms with van der Waals surface area (Å²) in [5, 5.41) is 8.86. The molecule has 4 aromatic rings. The number of nitrogens with one attached hydrogen (secondary N) is 2. The lowest BCUT2D eigenvalue weighted by atomic mass is 10.0. The maximum Gasteiger partial charge on any atom is 0.321 e. The first-order chi connectivity index (χ1) is 14.7. The van der Waals surface area contributed by atoms with E-state index >= 15 is 0 Å². The summed E-state index contributed by atoms with van der Waals surface area (Å²) < 4.78 is 0.930. The Labute approximate surface area is 176 Å². The van der Waals surface area contributed by atoms with Gasteiger partial charge in [0.1, 0.15) is 6.54 Å². The fourth-order valence-electron chi connectivity index (χ4n) is 3.02. The second kappa shape index (κ2) is 8.75. The highest BCUT2D eigenvalue weighted by Crippen LogP contribution is 2.38. The molecule has 3 aromatic heterocycles. The van der Waals surface area contributed by atoms with Crippen molar-refractivity contribution in [2.24, 2.45) is 5.18 Å². The standard InChI is InChI=1S/C21H18N6O2S/c1-2-22-20(28)27-21-26-18-10-14(13-6-7-15(12-25-29)24-11-13)9-16(19(18)30-21)17-5-3-4-8-23-17/h3-11H,2,12H2,1H3,(H2,22,26,27,28). The average molecular weight is 418 g/mol. The third kappa shape index (κ3) is 4.15. The summed E-state index contributed by atoms with van der Waals surface area (Å²) in [5.41, 5.74) is 4.90. The minimum Gasteiger partial charge on any atom is -0.338 e. The van der Waals surface area contributed by atoms with Gasteiger partial charge in [-0.05, 0) is 42.8 Å². The molecule has 0 spiro atoms. The van der Waals surface area contributed by atoms with Gasteiger partial charge in [-0.3, -0.25) is 15.3 Å². The number of rotatable bonds is 6. The smallest absolute Gasteiger partial charge is 0.321 e. The molecule has 0 aliphatic heterocycles. The Morgan fingerprint density at radius 1 is 1.13 bits per heavy atom. The molecule has 0 bridgehead atoms. The van der Waals surface area contributed by atoms with E-state index in [0.29, 0.717) is 17.4 Å². The number of anilines is 1. The second-order valence-electron chi connectivity index (χ2n) is 6.42. The van der Waals surface area contributed by atoms with Crippen LogP contribution in [0, 0.1) is 4.91 Å². The number of nitrogens with zero attached hydrogens (tertiary/aromatic N) is 4. The van der Waals surface area contributed by atoms with Crippen molar-refractivity contribution in [1.29, 1.82) is 0 Å². The zero-order valence-corrected chi connectivity index (χ0v) is 16.9. The Balaban J connectivity index is 1.81. The van der Waals surface area contributed by atoms with Gasteiger partial charge in [-0.25, -0.2) is 9.78 Å². The fourth-order valence-corrected chi connectivity index (χ4v) is 3.99. The van der Waals surface area contributed by atoms with Gasteiger partial charge in [0.05, 0.1) is 21.6 Å². The van der Waals surface area contributed by atoms with Crippen molar-refractivity contribution in [2.45, 2.75) is 13.5 Å². The topological polar surface area (TPSA) is 109 Å². The summed E-state index contributed by atoms with van der Waals surface area (Å²) in [6.45, 7) is 2.43. The number of benzene rings is 1. The predicted molar refractivity (Wildman–Crippen MR) is 118 cm³/mol. The first-order valence-electron chi connectivity index (χ1n) is 9.33. The summed E-state index contributed by atoms with van der Waals surface area (Å²) in [5.74, 6) is 0. The molecule has 30 heavy (non-hydrogen) atoms. The van der Waals surface area contributed by atoms with Gasteiger partial charge in [0.2, 0.25) is 0 Å². The lowest BCUT2D eigenvalue weighted by Gasteiger charge is -2.07. The SMILES string of the molecule is CCNC(=O)Nc1nc2cc(-c3ccc(CN=O)nc3)cc(-c3ccccn3)c2s1. The summed E-state index contributed by atoms with van der Waals surface area (Å²) in [6, 6.07) is 13.1. The van der Waals surface area contributed by atoms with Crippen molar-refractivity contribution in [1.82, 2.24) is 20.3 Å². The van der Waals surface area contributed by atoms with Gasteiger partial charge in [0, 0.05) is 30.1 Å². The van der Waals surface area contributed by atoms with Crippen LogP contribution < -0.4 is 10.6 Å². The van der Waals surface area contributed by atoms with Crippen LogP contribution in [0.4, 0.5) is 9.93 Å². The van der Waals surface area contributed by atoms with Crippen LogP contribution in [-0.4, -0.2) is 27.5 Å². The number of carbonyl (C=O) groups excluding carboxylic acids is 1. The Morgan fingerprint density at radius 2 is 2.03 bits per heavy atom. The molecule has 0 atom stereocenters. The summed E-state index contributed by atoms with van der Waals surface area (Å²) in [6.07, 6.45) is 3.45. The van der Waals surface area contributed by atoms with E-state index in [2.05, 4.69) is 30.8 Å². The quantitative estimate of drug-likeness (QED) is 0.436. The number of amides is 2. The Bertz CT molecular complexity index is 1190. The van der Waals surface area contributed by atoms with E-state index < -0.39 is 0 Å². The second-order valence-corrected chi connectivity index (χ2v) is 7.42. The Kier molecular flexibility index (Phi) is 5.71. The molecule has 0 aliphatic carbocycles. The van der Waals surface area contributed by atoms with Gasteiger partial charge in [0.15, 0.2) is 5.13 Å². The first kappa shape index (κ1) is 19.6. The highest BCUT2D eigenvalue weighted by molar-refractivity contribution is 7.22. The van der Waals surface area contributed by atoms with E-state index in [0.717, 1.165) is 32.6 Å². The van der Waals surface area contributed by atoms with Crippen molar-refractivity contribution in [3.8, 4) is 22.4 Å². The molecule has 2 amide bonds. The van der Waals surface area contributed by atoms with Gasteiger partial charge < -0.3 is 5.32 Å². The van der Waals surface area contributed by atoms with Crippen molar-refractivity contribution in [2.75, 3.05) is 11.9 Å². The van der Waals surface area contributed by atoms with Crippen molar-refractivity contribution in [3.63, 3.8) is 0 Å². The molecule has 0 unspecified atom stereocenters. The lowest BCUT2D eigenvalue weighted by Crippen LogP contribution is -2.28. The van der Waals surface area contributed by atoms with Crippen LogP contribution in [-0.2, 0) is 6.54 Å². The van der Waals surface area contributed by atoms with Crippen LogP contribution in [0.5, 0.6) is 0 Å². The van der Waals surface area contributed by atoms with E-state index in [1.807, 2.05) is 43.3 Å². The Morgan fingerprint density at radius 3 is 2.73 bits per heavy atom. The maximum absolute atomic E-state index is 11.9. The summed E-state index contributed by atoms with van der Waals surface area (Å²) >= 11 is 1.40. The molecule has 2 N–H and O–H groups in total. The molecule has 0 radical (unpaired) electrons. The minimum atomic E-state index is -0.292. The predicted octanol–water partition coefficient (Wildman–Crippen LogP) is 4.83. The molecule has 3 heterocycles. The zero-order chi connectivity index (χ0) is 20.9. The van der Waals surface area contributed by atoms with E-state index in [-0.39, 0.29) is 12.6 Å². The molecule has 0 fully saturated rings. The van der Waals surface area contributed by atoms with Gasteiger partial charge in [-0.15, -0.1) is 0 Å². The monoisotopic (exact) mass is 418 g/mol. The summed E-state index contributed by atoms with van der Waals surface area (Å²) in [4.78, 5) is 35.8. The number of hydrogen-bond acceptors (Lipinski definition) is 7. The number of carbonyl (C=O) groups is 1. The number of fused-ring (bicyclic) bond motifs is 1. The molecule has 0 saturated carbocycles. The number of nitroso groups, excluding NO2 is 1. The number of pyridine rings is 2. The molecular weight excluding hydrogens is 400 g/mol. The Hall–Kier alpha value is -3.72. The van der Waals surface area contributed by atoms with E-state index in [1.165, 1.54) is 11.3 Å². The molecule has 1 aromatic carbocycles. The normalized spacial score (nSPS) is 10.7. The van der Waals surface area contributed by atoms with Crippen LogP contribution in [0.1, 0.15) is 12.6 Å². The molecular formula is C21H18N6O2S. The van der Waals surface area contributed by atoms with Gasteiger partial charge in [0.25, 0.3) is 0 Å². The first-order valence-corrected chi connectivity index (χ1v) is 10.1. The van der Waals surface area contributed by atoms with Crippen LogP contribution >= 0.6 is 11.3 Å². The third-order valence-electron chi connectivity index (χ3n) is 4.37. The molecule has 9 heteroatoms. The maximum atomic E-state index is 11.9. The lowest BCUT2D eigenvalue weighted by molar-refractivity contribution is 0.252. The molecule has 0 saturated heterocycles. The van der Waals surface area contributed by atoms with Gasteiger partial charge >= 0.3 is 6.03 Å². The van der Waals surface area contributed by atoms with Crippen LogP contribution in [0.3, 0.4) is 0 Å². The third-order valence-corrected chi connectivity index (χ3v) is 5.39. The minimum absolute atomic E-state index is 0.0411. The summed E-state index contributed by atoms with van der Waals surface area (Å²) in [7, 11) is 0. The molecule has 4 rings (SSSR count). The number of urea groups is 1. The van der Waals surface area contributed by atoms with Crippen LogP contribution in [0.2, 0.25) is 0 Å². The van der Waals surface area contributed by atoms with Crippen molar-refractivity contribution in [3.05, 3.63) is 65.5 Å². The molecule has 0 aliphatic rings. The number of thiazole rings is 1. The highest BCUT2D eigenvalue weighted by Gasteiger charge is 2.15. The number of hydrogen-bond donors (Lipinski definition) is 2. The van der Waals surface area contributed by atoms with Crippen molar-refractivity contribution < 1.29 is 4.79 Å². The van der Waals surface area contributed by atoms with Crippen LogP contribution in [0.25, 0.3) is 32.6 Å². The largest absolute Gasteiger partial charge is 0.338 e. The van der Waals surface area contributed by atoms with Gasteiger partial charge in [-0.1, -0.05) is 28.6 Å².